The second-order valence-corrected chi connectivity index (χ2v) is 19.1. The largest absolute Gasteiger partial charge is 0.508 e. The first-order valence-electron chi connectivity index (χ1n) is 25.3. The second-order valence-electron chi connectivity index (χ2n) is 19.1. The molecule has 3 aromatic carbocycles. The lowest BCUT2D eigenvalue weighted by Crippen LogP contribution is -2.39. The molecule has 3 aliphatic rings. The van der Waals surface area contributed by atoms with E-state index in [2.05, 4.69) is 21.5 Å². The molecule has 0 aliphatic carbocycles. The van der Waals surface area contributed by atoms with Crippen LogP contribution in [0.1, 0.15) is 71.3 Å². The first-order chi connectivity index (χ1) is 38.0. The van der Waals surface area contributed by atoms with E-state index in [1.54, 1.807) is 7.11 Å². The molecule has 3 fully saturated rings. The van der Waals surface area contributed by atoms with Gasteiger partial charge in [0.25, 0.3) is 16.7 Å². The number of H-pyrrole nitrogens is 3. The predicted molar refractivity (Wildman–Crippen MR) is 278 cm³/mol. The molecule has 0 radical (unpaired) electrons. The summed E-state index contributed by atoms with van der Waals surface area (Å²) in [4.78, 5) is 110. The van der Waals surface area contributed by atoms with Gasteiger partial charge in [0.05, 0.1) is 26.4 Å². The Labute approximate surface area is 449 Å². The van der Waals surface area contributed by atoms with Crippen molar-refractivity contribution >= 4 is 12.3 Å². The summed E-state index contributed by atoms with van der Waals surface area (Å²) in [5, 5.41) is 0. The number of rotatable bonds is 19. The number of aromatic nitrogens is 6. The van der Waals surface area contributed by atoms with Gasteiger partial charge in [0.2, 0.25) is 0 Å². The van der Waals surface area contributed by atoms with Crippen LogP contribution in [-0.2, 0) is 48.2 Å². The molecule has 0 amide bonds. The molecule has 3 aromatic heterocycles. The Morgan fingerprint density at radius 1 is 0.570 bits per heavy atom. The predicted octanol–water partition coefficient (Wildman–Crippen LogP) is 4.06. The third-order valence-electron chi connectivity index (χ3n) is 13.9. The van der Waals surface area contributed by atoms with E-state index in [1.165, 1.54) is 54.6 Å². The number of benzene rings is 3. The summed E-state index contributed by atoms with van der Waals surface area (Å²) in [6.45, 7) is 7.04. The van der Waals surface area contributed by atoms with Crippen LogP contribution in [0.25, 0.3) is 0 Å². The summed E-state index contributed by atoms with van der Waals surface area (Å²) >= 11 is 0. The number of carbonyl (C=O) groups excluding carboxylic acids is 2. The number of hydrogen-bond donors (Lipinski definition) is 3. The van der Waals surface area contributed by atoms with Crippen molar-refractivity contribution in [1.82, 2.24) is 28.7 Å². The highest BCUT2D eigenvalue weighted by Gasteiger charge is 2.46. The molecule has 79 heavy (non-hydrogen) atoms. The number of carbonyl (C=O) groups is 2. The van der Waals surface area contributed by atoms with Crippen molar-refractivity contribution in [1.29, 1.82) is 0 Å². The van der Waals surface area contributed by atoms with Gasteiger partial charge in [0.1, 0.15) is 73.8 Å². The minimum atomic E-state index is -1.29. The minimum absolute atomic E-state index is 0.0984. The fourth-order valence-electron chi connectivity index (χ4n) is 9.82. The number of methoxy groups -OCH3 is 1. The third kappa shape index (κ3) is 12.2. The monoisotopic (exact) mass is 1090 g/mol. The minimum Gasteiger partial charge on any atom is -0.497 e. The fourth-order valence-corrected chi connectivity index (χ4v) is 9.82. The lowest BCUT2D eigenvalue weighted by atomic mass is 9.80. The van der Waals surface area contributed by atoms with E-state index in [9.17, 15) is 38.4 Å². The van der Waals surface area contributed by atoms with Gasteiger partial charge >= 0.3 is 29.4 Å². The topological polar surface area (TPSA) is 291 Å². The van der Waals surface area contributed by atoms with Gasteiger partial charge in [-0.05, 0) is 49.6 Å². The van der Waals surface area contributed by atoms with Gasteiger partial charge in [0, 0.05) is 54.5 Å². The summed E-state index contributed by atoms with van der Waals surface area (Å²) < 4.78 is 63.6. The molecule has 6 heterocycles. The molecule has 0 bridgehead atoms. The molecule has 416 valence electrons. The van der Waals surface area contributed by atoms with Crippen molar-refractivity contribution in [2.24, 2.45) is 0 Å². The van der Waals surface area contributed by atoms with E-state index in [4.69, 9.17) is 47.4 Å². The molecule has 0 spiro atoms. The van der Waals surface area contributed by atoms with Crippen molar-refractivity contribution in [2.45, 2.75) is 101 Å². The highest BCUT2D eigenvalue weighted by Crippen LogP contribution is 2.43. The SMILES string of the molecule is C=CCO[C@H]1C[C@H](n2cc(C)c(=O)[nH]c2=O)O[C@@H]1COC(=O)O[C@H]1C[C@H](n2cc(C)c(=O)[nH]c2=O)O[C@@H]1COC(=O)O[C@H]1C[C@H](n2cc(C)c(=O)[nH]c2=O)O[C@@H]1COC(c1ccccc1)(c1ccccc1)c1ccc(OC)cc1. The molecule has 0 unspecified atom stereocenters. The second kappa shape index (κ2) is 24.1. The fraction of sp³-hybridized carbons (Fsp3) is 0.382. The molecule has 9 rings (SSSR count). The van der Waals surface area contributed by atoms with Gasteiger partial charge in [-0.1, -0.05) is 78.9 Å². The maximum Gasteiger partial charge on any atom is 0.508 e. The number of hydrogen-bond acceptors (Lipinski definition) is 18. The standard InChI is InChI=1S/C55H58N6O18/c1-6-21-71-38-22-44(59-25-31(2)47(62)56-50(59)65)75-41(38)28-72-53(68)78-39-23-45(60-26-32(3)48(63)57-51(60)66)76-42(39)29-73-54(69)79-40-24-46(61-27-33(4)49(64)58-52(61)67)77-43(40)30-74-55(34-13-9-7-10-14-34,35-15-11-8-12-16-35)36-17-19-37(70-5)20-18-36/h6-20,25-27,38-46H,1,21-24,28-30H2,2-5H3,(H,56,62,65)(H,57,63,66)(H,58,64,67)/t38-,39-,40-,41+,42+,43+,44+,45+,46+/m0/s1. The van der Waals surface area contributed by atoms with Crippen molar-refractivity contribution in [3.63, 3.8) is 0 Å². The van der Waals surface area contributed by atoms with Gasteiger partial charge < -0.3 is 47.4 Å². The quantitative estimate of drug-likeness (QED) is 0.0585. The maximum atomic E-state index is 14.0. The molecule has 6 aromatic rings. The van der Waals surface area contributed by atoms with Crippen LogP contribution in [0, 0.1) is 20.8 Å². The molecule has 3 aliphatic heterocycles. The van der Waals surface area contributed by atoms with Crippen LogP contribution < -0.4 is 38.5 Å². The smallest absolute Gasteiger partial charge is 0.497 e. The average Bonchev–Trinajstić information content (AvgIpc) is 4.31. The summed E-state index contributed by atoms with van der Waals surface area (Å²) in [5.41, 5.74) is -2.48. The van der Waals surface area contributed by atoms with Gasteiger partial charge in [-0.15, -0.1) is 6.58 Å². The Bertz CT molecular complexity index is 3480. The van der Waals surface area contributed by atoms with E-state index in [0.717, 1.165) is 21.3 Å². The zero-order valence-electron chi connectivity index (χ0n) is 43.4. The van der Waals surface area contributed by atoms with Crippen LogP contribution in [0.15, 0.2) is 145 Å². The van der Waals surface area contributed by atoms with Crippen LogP contribution in [0.5, 0.6) is 5.75 Å². The number of aromatic amines is 3. The first-order valence-corrected chi connectivity index (χ1v) is 25.3. The van der Waals surface area contributed by atoms with Crippen LogP contribution in [-0.4, -0.2) is 111 Å². The van der Waals surface area contributed by atoms with Crippen molar-refractivity contribution < 1.29 is 57.0 Å². The molecule has 24 nitrogen and oxygen atoms in total. The number of aryl methyl sites for hydroxylation is 3. The lowest BCUT2D eigenvalue weighted by molar-refractivity contribution is -0.105. The molecular formula is C55H58N6O18. The van der Waals surface area contributed by atoms with Crippen LogP contribution in [0.3, 0.4) is 0 Å². The third-order valence-corrected chi connectivity index (χ3v) is 13.9. The highest BCUT2D eigenvalue weighted by atomic mass is 16.8. The number of nitrogens with zero attached hydrogens (tertiary/aromatic N) is 3. The number of nitrogens with one attached hydrogen (secondary N) is 3. The maximum absolute atomic E-state index is 14.0. The zero-order valence-corrected chi connectivity index (χ0v) is 43.4. The molecule has 9 atom stereocenters. The van der Waals surface area contributed by atoms with E-state index in [1.807, 2.05) is 84.9 Å². The van der Waals surface area contributed by atoms with E-state index in [-0.39, 0.29) is 49.2 Å². The van der Waals surface area contributed by atoms with Crippen molar-refractivity contribution in [3.05, 3.63) is 212 Å². The molecule has 3 saturated heterocycles. The number of ether oxygens (including phenoxy) is 10. The zero-order chi connectivity index (χ0) is 56.0. The van der Waals surface area contributed by atoms with E-state index < -0.39 is 120 Å². The summed E-state index contributed by atoms with van der Waals surface area (Å²) in [6.07, 6.45) is -6.56. The van der Waals surface area contributed by atoms with Crippen molar-refractivity contribution in [3.8, 4) is 5.75 Å². The summed E-state index contributed by atoms with van der Waals surface area (Å²) in [7, 11) is 1.56. The van der Waals surface area contributed by atoms with Gasteiger partial charge in [-0.25, -0.2) is 24.0 Å². The van der Waals surface area contributed by atoms with Crippen LogP contribution in [0.4, 0.5) is 9.59 Å². The van der Waals surface area contributed by atoms with Gasteiger partial charge in [-0.2, -0.15) is 0 Å². The molecular weight excluding hydrogens is 1030 g/mol. The first kappa shape index (κ1) is 55.3. The van der Waals surface area contributed by atoms with E-state index >= 15 is 0 Å². The van der Waals surface area contributed by atoms with Crippen molar-refractivity contribution in [2.75, 3.05) is 33.5 Å². The molecule has 0 saturated carbocycles. The van der Waals surface area contributed by atoms with Gasteiger partial charge in [0.15, 0.2) is 0 Å². The Hall–Kier alpha value is -8.42. The lowest BCUT2D eigenvalue weighted by Gasteiger charge is -2.37. The van der Waals surface area contributed by atoms with Crippen LogP contribution >= 0.6 is 0 Å². The Morgan fingerprint density at radius 3 is 1.35 bits per heavy atom. The Kier molecular flexibility index (Phi) is 16.9. The summed E-state index contributed by atoms with van der Waals surface area (Å²) in [5.74, 6) is 0.610. The Balaban J connectivity index is 0.942. The molecule has 3 N–H and O–H groups in total. The van der Waals surface area contributed by atoms with Crippen LogP contribution in [0.2, 0.25) is 0 Å². The average molecular weight is 1090 g/mol. The van der Waals surface area contributed by atoms with Gasteiger partial charge in [-0.3, -0.25) is 43.0 Å². The molecule has 24 heteroatoms. The highest BCUT2D eigenvalue weighted by molar-refractivity contribution is 5.61. The summed E-state index contributed by atoms with van der Waals surface area (Å²) in [6, 6.07) is 26.3. The van der Waals surface area contributed by atoms with E-state index in [0.29, 0.717) is 5.75 Å². The normalized spacial score (nSPS) is 22.8. The Morgan fingerprint density at radius 2 is 0.949 bits per heavy atom.